The van der Waals surface area contributed by atoms with Crippen molar-refractivity contribution in [2.45, 2.75) is 18.9 Å². The standard InChI is InChI=1S/C9H10BrNO/c10-8-4-3-7(5-9(8)11)12-6-1-2-6/h3-6H,1-2,11H2. The summed E-state index contributed by atoms with van der Waals surface area (Å²) in [5.41, 5.74) is 6.42. The van der Waals surface area contributed by atoms with E-state index in [0.29, 0.717) is 6.10 Å². The molecule has 0 atom stereocenters. The fourth-order valence-corrected chi connectivity index (χ4v) is 1.22. The van der Waals surface area contributed by atoms with Crippen LogP contribution < -0.4 is 10.5 Å². The van der Waals surface area contributed by atoms with Crippen LogP contribution in [-0.2, 0) is 0 Å². The smallest absolute Gasteiger partial charge is 0.121 e. The SMILES string of the molecule is Nc1cc(OC2CC2)ccc1Br. The van der Waals surface area contributed by atoms with Gasteiger partial charge < -0.3 is 10.5 Å². The van der Waals surface area contributed by atoms with E-state index in [0.717, 1.165) is 15.9 Å². The van der Waals surface area contributed by atoms with Gasteiger partial charge in [0.1, 0.15) is 5.75 Å². The molecular formula is C9H10BrNO. The Morgan fingerprint density at radius 2 is 2.17 bits per heavy atom. The van der Waals surface area contributed by atoms with Crippen LogP contribution >= 0.6 is 15.9 Å². The molecule has 1 aliphatic carbocycles. The van der Waals surface area contributed by atoms with E-state index in [-0.39, 0.29) is 0 Å². The molecule has 0 saturated heterocycles. The van der Waals surface area contributed by atoms with E-state index < -0.39 is 0 Å². The largest absolute Gasteiger partial charge is 0.490 e. The van der Waals surface area contributed by atoms with E-state index in [1.807, 2.05) is 18.2 Å². The molecule has 1 aromatic carbocycles. The first-order chi connectivity index (χ1) is 5.75. The summed E-state index contributed by atoms with van der Waals surface area (Å²) in [6.07, 6.45) is 2.79. The summed E-state index contributed by atoms with van der Waals surface area (Å²) in [5.74, 6) is 0.873. The molecule has 0 unspecified atom stereocenters. The molecule has 12 heavy (non-hydrogen) atoms. The summed E-state index contributed by atoms with van der Waals surface area (Å²) in [6.45, 7) is 0. The molecule has 3 heteroatoms. The molecule has 0 aromatic heterocycles. The van der Waals surface area contributed by atoms with Crippen molar-refractivity contribution in [3.05, 3.63) is 22.7 Å². The van der Waals surface area contributed by atoms with E-state index in [9.17, 15) is 0 Å². The molecule has 1 aromatic rings. The van der Waals surface area contributed by atoms with Crippen molar-refractivity contribution < 1.29 is 4.74 Å². The number of halogens is 1. The average Bonchev–Trinajstić information content (AvgIpc) is 2.81. The number of hydrogen-bond acceptors (Lipinski definition) is 2. The minimum absolute atomic E-state index is 0.436. The van der Waals surface area contributed by atoms with Crippen LogP contribution in [0.4, 0.5) is 5.69 Å². The van der Waals surface area contributed by atoms with E-state index in [1.165, 1.54) is 12.8 Å². The molecule has 1 aliphatic rings. The summed E-state index contributed by atoms with van der Waals surface area (Å²) >= 11 is 3.33. The third kappa shape index (κ3) is 1.72. The highest BCUT2D eigenvalue weighted by atomic mass is 79.9. The van der Waals surface area contributed by atoms with Crippen LogP contribution in [-0.4, -0.2) is 6.10 Å². The molecule has 2 nitrogen and oxygen atoms in total. The van der Waals surface area contributed by atoms with Gasteiger partial charge in [0.2, 0.25) is 0 Å². The van der Waals surface area contributed by atoms with Crippen LogP contribution in [0, 0.1) is 0 Å². The quantitative estimate of drug-likeness (QED) is 0.789. The van der Waals surface area contributed by atoms with Gasteiger partial charge in [0, 0.05) is 16.2 Å². The molecule has 0 spiro atoms. The molecule has 1 saturated carbocycles. The minimum Gasteiger partial charge on any atom is -0.490 e. The minimum atomic E-state index is 0.436. The van der Waals surface area contributed by atoms with Gasteiger partial charge in [0.15, 0.2) is 0 Å². The van der Waals surface area contributed by atoms with Crippen molar-refractivity contribution in [3.63, 3.8) is 0 Å². The van der Waals surface area contributed by atoms with Crippen molar-refractivity contribution in [2.75, 3.05) is 5.73 Å². The van der Waals surface area contributed by atoms with Crippen molar-refractivity contribution >= 4 is 21.6 Å². The zero-order valence-corrected chi connectivity index (χ0v) is 8.17. The van der Waals surface area contributed by atoms with Gasteiger partial charge >= 0.3 is 0 Å². The second-order valence-corrected chi connectivity index (χ2v) is 3.85. The third-order valence-corrected chi connectivity index (χ3v) is 2.52. The predicted octanol–water partition coefficient (Wildman–Crippen LogP) is 2.57. The number of nitrogen functional groups attached to an aromatic ring is 1. The van der Waals surface area contributed by atoms with Gasteiger partial charge in [-0.25, -0.2) is 0 Å². The van der Waals surface area contributed by atoms with Gasteiger partial charge in [-0.1, -0.05) is 0 Å². The summed E-state index contributed by atoms with van der Waals surface area (Å²) in [7, 11) is 0. The lowest BCUT2D eigenvalue weighted by Gasteiger charge is -2.05. The van der Waals surface area contributed by atoms with Crippen LogP contribution in [0.3, 0.4) is 0 Å². The van der Waals surface area contributed by atoms with Crippen LogP contribution in [0.15, 0.2) is 22.7 Å². The molecule has 1 fully saturated rings. The Morgan fingerprint density at radius 3 is 2.75 bits per heavy atom. The van der Waals surface area contributed by atoms with E-state index in [1.54, 1.807) is 0 Å². The molecule has 2 N–H and O–H groups in total. The lowest BCUT2D eigenvalue weighted by molar-refractivity contribution is 0.303. The van der Waals surface area contributed by atoms with Gasteiger partial charge in [-0.2, -0.15) is 0 Å². The number of ether oxygens (including phenoxy) is 1. The zero-order chi connectivity index (χ0) is 8.55. The molecule has 0 aliphatic heterocycles. The Morgan fingerprint density at radius 1 is 1.42 bits per heavy atom. The average molecular weight is 228 g/mol. The van der Waals surface area contributed by atoms with Crippen LogP contribution in [0.2, 0.25) is 0 Å². The van der Waals surface area contributed by atoms with E-state index in [4.69, 9.17) is 10.5 Å². The maximum absolute atomic E-state index is 5.69. The third-order valence-electron chi connectivity index (χ3n) is 1.79. The van der Waals surface area contributed by atoms with Crippen molar-refractivity contribution in [2.24, 2.45) is 0 Å². The van der Waals surface area contributed by atoms with Crippen LogP contribution in [0.25, 0.3) is 0 Å². The molecule has 64 valence electrons. The Kier molecular flexibility index (Phi) is 1.97. The van der Waals surface area contributed by atoms with Gasteiger partial charge in [-0.05, 0) is 40.9 Å². The van der Waals surface area contributed by atoms with Crippen LogP contribution in [0.5, 0.6) is 5.75 Å². The first kappa shape index (κ1) is 7.92. The highest BCUT2D eigenvalue weighted by Crippen LogP contribution is 2.30. The Balaban J connectivity index is 2.15. The highest BCUT2D eigenvalue weighted by molar-refractivity contribution is 9.10. The summed E-state index contributed by atoms with van der Waals surface area (Å²) < 4.78 is 6.48. The van der Waals surface area contributed by atoms with Crippen LogP contribution in [0.1, 0.15) is 12.8 Å². The molecular weight excluding hydrogens is 218 g/mol. The van der Waals surface area contributed by atoms with E-state index >= 15 is 0 Å². The first-order valence-electron chi connectivity index (χ1n) is 3.97. The molecule has 0 amide bonds. The maximum Gasteiger partial charge on any atom is 0.121 e. The molecule has 0 heterocycles. The maximum atomic E-state index is 5.69. The van der Waals surface area contributed by atoms with Crippen molar-refractivity contribution in [3.8, 4) is 5.75 Å². The molecule has 0 radical (unpaired) electrons. The predicted molar refractivity (Wildman–Crippen MR) is 52.2 cm³/mol. The van der Waals surface area contributed by atoms with E-state index in [2.05, 4.69) is 15.9 Å². The second kappa shape index (κ2) is 2.98. The lowest BCUT2D eigenvalue weighted by atomic mass is 10.3. The Hall–Kier alpha value is -0.700. The second-order valence-electron chi connectivity index (χ2n) is 3.00. The fraction of sp³-hybridized carbons (Fsp3) is 0.333. The molecule has 0 bridgehead atoms. The normalized spacial score (nSPS) is 16.1. The van der Waals surface area contributed by atoms with Crippen molar-refractivity contribution in [1.82, 2.24) is 0 Å². The lowest BCUT2D eigenvalue weighted by Crippen LogP contribution is -1.96. The highest BCUT2D eigenvalue weighted by Gasteiger charge is 2.23. The Bertz CT molecular complexity index is 297. The number of anilines is 1. The van der Waals surface area contributed by atoms with Gasteiger partial charge in [0.05, 0.1) is 6.10 Å². The number of rotatable bonds is 2. The van der Waals surface area contributed by atoms with Gasteiger partial charge in [-0.15, -0.1) is 0 Å². The van der Waals surface area contributed by atoms with Gasteiger partial charge in [0.25, 0.3) is 0 Å². The zero-order valence-electron chi connectivity index (χ0n) is 6.59. The fourth-order valence-electron chi connectivity index (χ4n) is 0.973. The summed E-state index contributed by atoms with van der Waals surface area (Å²) in [6, 6.07) is 5.69. The first-order valence-corrected chi connectivity index (χ1v) is 4.77. The topological polar surface area (TPSA) is 35.2 Å². The Labute approximate surface area is 79.8 Å². The van der Waals surface area contributed by atoms with Crippen molar-refractivity contribution in [1.29, 1.82) is 0 Å². The molecule has 2 rings (SSSR count). The number of nitrogens with two attached hydrogens (primary N) is 1. The summed E-state index contributed by atoms with van der Waals surface area (Å²) in [4.78, 5) is 0. The number of hydrogen-bond donors (Lipinski definition) is 1. The monoisotopic (exact) mass is 227 g/mol. The number of benzene rings is 1. The van der Waals surface area contributed by atoms with Gasteiger partial charge in [-0.3, -0.25) is 0 Å². The summed E-state index contributed by atoms with van der Waals surface area (Å²) in [5, 5.41) is 0.